The van der Waals surface area contributed by atoms with Gasteiger partial charge in [0.25, 0.3) is 0 Å². The molecule has 2 rings (SSSR count). The number of aliphatic carboxylic acids is 2. The van der Waals surface area contributed by atoms with E-state index in [1.54, 1.807) is 0 Å². The molecule has 3 unspecified atom stereocenters. The summed E-state index contributed by atoms with van der Waals surface area (Å²) in [5, 5.41) is 21.6. The molecule has 0 aliphatic carbocycles. The Kier molecular flexibility index (Phi) is 5.41. The summed E-state index contributed by atoms with van der Waals surface area (Å²) in [6.07, 6.45) is -4.52. The maximum atomic E-state index is 12.7. The van der Waals surface area contributed by atoms with Gasteiger partial charge in [0.05, 0.1) is 17.4 Å². The highest BCUT2D eigenvalue weighted by Crippen LogP contribution is 2.40. The van der Waals surface area contributed by atoms with Crippen LogP contribution in [0.3, 0.4) is 0 Å². The number of hydrogen-bond acceptors (Lipinski definition) is 3. The van der Waals surface area contributed by atoms with Crippen LogP contribution in [-0.2, 0) is 15.8 Å². The highest BCUT2D eigenvalue weighted by Gasteiger charge is 2.45. The molecule has 1 aliphatic heterocycles. The molecule has 5 nitrogen and oxygen atoms in total. The first kappa shape index (κ1) is 19.2. The molecule has 1 fully saturated rings. The third-order valence-corrected chi connectivity index (χ3v) is 4.97. The first-order valence-corrected chi connectivity index (χ1v) is 7.87. The lowest BCUT2D eigenvalue weighted by atomic mass is 9.68. The van der Waals surface area contributed by atoms with Crippen LogP contribution in [-0.4, -0.2) is 35.2 Å². The van der Waals surface area contributed by atoms with E-state index in [9.17, 15) is 27.9 Å². The number of nitrogens with one attached hydrogen (secondary N) is 1. The average Bonchev–Trinajstić information content (AvgIpc) is 2.53. The highest BCUT2D eigenvalue weighted by molar-refractivity contribution is 5.81. The molecule has 1 aromatic rings. The zero-order chi connectivity index (χ0) is 18.8. The van der Waals surface area contributed by atoms with Crippen molar-refractivity contribution in [1.82, 2.24) is 5.32 Å². The summed E-state index contributed by atoms with van der Waals surface area (Å²) < 4.78 is 38.0. The molecule has 0 radical (unpaired) electrons. The summed E-state index contributed by atoms with van der Waals surface area (Å²) >= 11 is 0. The van der Waals surface area contributed by atoms with Gasteiger partial charge < -0.3 is 15.5 Å². The summed E-state index contributed by atoms with van der Waals surface area (Å²) in [5.74, 6) is -2.99. The Balaban J connectivity index is 2.20. The van der Waals surface area contributed by atoms with Crippen molar-refractivity contribution in [3.05, 3.63) is 35.4 Å². The van der Waals surface area contributed by atoms with E-state index >= 15 is 0 Å². The van der Waals surface area contributed by atoms with Crippen LogP contribution in [0.25, 0.3) is 0 Å². The van der Waals surface area contributed by atoms with Crippen LogP contribution < -0.4 is 5.32 Å². The monoisotopic (exact) mass is 359 g/mol. The van der Waals surface area contributed by atoms with E-state index in [0.29, 0.717) is 25.1 Å². The maximum Gasteiger partial charge on any atom is 0.416 e. The lowest BCUT2D eigenvalue weighted by molar-refractivity contribution is -0.159. The summed E-state index contributed by atoms with van der Waals surface area (Å²) in [4.78, 5) is 22.7. The van der Waals surface area contributed by atoms with Crippen LogP contribution in [0.15, 0.2) is 24.3 Å². The largest absolute Gasteiger partial charge is 0.481 e. The Morgan fingerprint density at radius 1 is 1.16 bits per heavy atom. The molecule has 1 aliphatic rings. The van der Waals surface area contributed by atoms with Crippen LogP contribution in [0.1, 0.15) is 36.8 Å². The van der Waals surface area contributed by atoms with E-state index < -0.39 is 41.4 Å². The van der Waals surface area contributed by atoms with Crippen molar-refractivity contribution in [3.8, 4) is 0 Å². The first-order valence-electron chi connectivity index (χ1n) is 7.87. The fourth-order valence-electron chi connectivity index (χ4n) is 3.33. The van der Waals surface area contributed by atoms with Gasteiger partial charge in [0.2, 0.25) is 0 Å². The second-order valence-electron chi connectivity index (χ2n) is 6.70. The predicted octanol–water partition coefficient (Wildman–Crippen LogP) is 2.96. The van der Waals surface area contributed by atoms with E-state index in [-0.39, 0.29) is 5.92 Å². The fourth-order valence-corrected chi connectivity index (χ4v) is 3.33. The van der Waals surface area contributed by atoms with Gasteiger partial charge in [-0.2, -0.15) is 13.2 Å². The molecular weight excluding hydrogens is 339 g/mol. The summed E-state index contributed by atoms with van der Waals surface area (Å²) in [7, 11) is 0. The zero-order valence-electron chi connectivity index (χ0n) is 13.6. The van der Waals surface area contributed by atoms with Crippen molar-refractivity contribution in [2.75, 3.05) is 13.1 Å². The summed E-state index contributed by atoms with van der Waals surface area (Å²) in [6.45, 7) is 2.27. The fraction of sp³-hybridized carbons (Fsp3) is 0.529. The molecule has 3 atom stereocenters. The van der Waals surface area contributed by atoms with Crippen molar-refractivity contribution in [1.29, 1.82) is 0 Å². The number of carboxylic acids is 2. The number of piperidine rings is 1. The van der Waals surface area contributed by atoms with E-state index in [4.69, 9.17) is 5.11 Å². The lowest BCUT2D eigenvalue weighted by Gasteiger charge is -2.39. The number of alkyl halides is 3. The third kappa shape index (κ3) is 4.31. The molecule has 0 bridgehead atoms. The van der Waals surface area contributed by atoms with Crippen molar-refractivity contribution < 1.29 is 33.0 Å². The second-order valence-corrected chi connectivity index (χ2v) is 6.70. The number of hydrogen-bond donors (Lipinski definition) is 3. The molecule has 8 heteroatoms. The summed E-state index contributed by atoms with van der Waals surface area (Å²) in [6, 6.07) is 4.80. The zero-order valence-corrected chi connectivity index (χ0v) is 13.6. The quantitative estimate of drug-likeness (QED) is 0.752. The maximum absolute atomic E-state index is 12.7. The molecule has 1 heterocycles. The van der Waals surface area contributed by atoms with Crippen molar-refractivity contribution >= 4 is 11.9 Å². The Morgan fingerprint density at radius 2 is 1.76 bits per heavy atom. The van der Waals surface area contributed by atoms with Crippen LogP contribution in [0.2, 0.25) is 0 Å². The molecule has 3 N–H and O–H groups in total. The van der Waals surface area contributed by atoms with E-state index in [2.05, 4.69) is 5.32 Å². The van der Waals surface area contributed by atoms with Gasteiger partial charge in [-0.1, -0.05) is 12.1 Å². The Hall–Kier alpha value is -2.09. The van der Waals surface area contributed by atoms with Gasteiger partial charge >= 0.3 is 18.1 Å². The van der Waals surface area contributed by atoms with Crippen molar-refractivity contribution in [2.45, 2.75) is 31.9 Å². The number of carbonyl (C=O) groups is 2. The molecule has 1 saturated heterocycles. The topological polar surface area (TPSA) is 86.6 Å². The minimum atomic E-state index is -4.41. The number of benzene rings is 1. The van der Waals surface area contributed by atoms with Gasteiger partial charge in [-0.25, -0.2) is 0 Å². The molecule has 0 saturated carbocycles. The number of halogens is 3. The van der Waals surface area contributed by atoms with Gasteiger partial charge in [-0.15, -0.1) is 0 Å². The van der Waals surface area contributed by atoms with Gasteiger partial charge in [0.15, 0.2) is 0 Å². The van der Waals surface area contributed by atoms with Crippen molar-refractivity contribution in [2.24, 2.45) is 11.3 Å². The second kappa shape index (κ2) is 7.03. The van der Waals surface area contributed by atoms with Crippen LogP contribution in [0, 0.1) is 11.3 Å². The van der Waals surface area contributed by atoms with E-state index in [0.717, 1.165) is 12.1 Å². The van der Waals surface area contributed by atoms with Crippen LogP contribution >= 0.6 is 0 Å². The molecule has 0 aromatic heterocycles. The van der Waals surface area contributed by atoms with Crippen LogP contribution in [0.4, 0.5) is 13.2 Å². The standard InChI is InChI=1S/C17H20F3NO4/c1-16(15(24)25,7-14(22)23)13-6-11(8-21-9-13)10-2-4-12(5-3-10)17(18,19)20/h2-5,11,13,21H,6-9H2,1H3,(H,22,23)(H,24,25). The van der Waals surface area contributed by atoms with Gasteiger partial charge in [0.1, 0.15) is 0 Å². The molecule has 0 amide bonds. The Labute approximate surface area is 142 Å². The normalized spacial score (nSPS) is 23.7. The highest BCUT2D eigenvalue weighted by atomic mass is 19.4. The lowest BCUT2D eigenvalue weighted by Crippen LogP contribution is -2.47. The number of carboxylic acid groups (broad SMARTS) is 2. The molecule has 25 heavy (non-hydrogen) atoms. The predicted molar refractivity (Wildman–Crippen MR) is 83.2 cm³/mol. The molecule has 0 spiro atoms. The minimum Gasteiger partial charge on any atom is -0.481 e. The SMILES string of the molecule is CC(CC(=O)O)(C(=O)O)C1CNCC(c2ccc(C(F)(F)F)cc2)C1. The minimum absolute atomic E-state index is 0.173. The van der Waals surface area contributed by atoms with Crippen LogP contribution in [0.5, 0.6) is 0 Å². The van der Waals surface area contributed by atoms with E-state index in [1.807, 2.05) is 0 Å². The van der Waals surface area contributed by atoms with Crippen molar-refractivity contribution in [3.63, 3.8) is 0 Å². The summed E-state index contributed by atoms with van der Waals surface area (Å²) in [5.41, 5.74) is -1.50. The molecule has 1 aromatic carbocycles. The van der Waals surface area contributed by atoms with Gasteiger partial charge in [-0.3, -0.25) is 9.59 Å². The Bertz CT molecular complexity index is 644. The Morgan fingerprint density at radius 3 is 2.24 bits per heavy atom. The first-order chi connectivity index (χ1) is 11.5. The van der Waals surface area contributed by atoms with Gasteiger partial charge in [-0.05, 0) is 49.4 Å². The smallest absolute Gasteiger partial charge is 0.416 e. The third-order valence-electron chi connectivity index (χ3n) is 4.97. The average molecular weight is 359 g/mol. The van der Waals surface area contributed by atoms with E-state index in [1.165, 1.54) is 19.1 Å². The van der Waals surface area contributed by atoms with Gasteiger partial charge in [0, 0.05) is 6.54 Å². The number of rotatable bonds is 5. The molecule has 138 valence electrons. The molecular formula is C17H20F3NO4.